The van der Waals surface area contributed by atoms with E-state index in [2.05, 4.69) is 87.6 Å². The molecule has 0 saturated carbocycles. The molecular weight excluding hydrogens is 448 g/mol. The van der Waals surface area contributed by atoms with Gasteiger partial charge in [0.1, 0.15) is 0 Å². The monoisotopic (exact) mass is 471 g/mol. The number of hydrogen-bond donors (Lipinski definition) is 0. The van der Waals surface area contributed by atoms with Crippen molar-refractivity contribution in [2.45, 2.75) is 32.5 Å². The second kappa shape index (κ2) is 7.45. The van der Waals surface area contributed by atoms with E-state index in [-0.39, 0.29) is 26.2 Å². The zero-order chi connectivity index (χ0) is 19.5. The summed E-state index contributed by atoms with van der Waals surface area (Å²) < 4.78 is 5.22. The SMILES string of the molecule is CC1=C2c3cocc3C1[Si]2(C)C.Cc1cc2c(-c3ccccc3)cccc2[cH-]1.[Zr]. The molecule has 0 fully saturated rings. The van der Waals surface area contributed by atoms with Gasteiger partial charge in [-0.15, -0.1) is 34.5 Å². The van der Waals surface area contributed by atoms with Crippen LogP contribution in [0.4, 0.5) is 0 Å². The first-order valence-electron chi connectivity index (χ1n) is 9.97. The van der Waals surface area contributed by atoms with Crippen molar-refractivity contribution in [1.82, 2.24) is 0 Å². The summed E-state index contributed by atoms with van der Waals surface area (Å²) in [6.07, 6.45) is 3.87. The predicted molar refractivity (Wildman–Crippen MR) is 121 cm³/mol. The van der Waals surface area contributed by atoms with Crippen LogP contribution in [0.15, 0.2) is 83.2 Å². The van der Waals surface area contributed by atoms with Gasteiger partial charge in [0.15, 0.2) is 0 Å². The first kappa shape index (κ1) is 20.4. The molecule has 144 valence electrons. The molecule has 3 heteroatoms. The topological polar surface area (TPSA) is 13.1 Å². The van der Waals surface area contributed by atoms with Crippen molar-refractivity contribution >= 4 is 24.0 Å². The maximum Gasteiger partial charge on any atom is 0.0976 e. The van der Waals surface area contributed by atoms with Crippen LogP contribution in [0, 0.1) is 6.92 Å². The molecule has 4 aromatic rings. The third kappa shape index (κ3) is 3.10. The molecule has 2 bridgehead atoms. The predicted octanol–water partition coefficient (Wildman–Crippen LogP) is 7.48. The normalized spacial score (nSPS) is 17.9. The van der Waals surface area contributed by atoms with Crippen molar-refractivity contribution < 1.29 is 30.6 Å². The van der Waals surface area contributed by atoms with Gasteiger partial charge >= 0.3 is 0 Å². The fourth-order valence-electron chi connectivity index (χ4n) is 5.43. The quantitative estimate of drug-likeness (QED) is 0.207. The van der Waals surface area contributed by atoms with Crippen molar-refractivity contribution in [3.05, 3.63) is 95.5 Å². The minimum Gasteiger partial charge on any atom is -0.472 e. The Labute approximate surface area is 192 Å². The van der Waals surface area contributed by atoms with Crippen LogP contribution in [0.3, 0.4) is 0 Å². The van der Waals surface area contributed by atoms with Crippen LogP contribution in [0.5, 0.6) is 0 Å². The molecule has 3 aliphatic rings. The van der Waals surface area contributed by atoms with E-state index in [1.165, 1.54) is 38.6 Å². The molecule has 1 aliphatic carbocycles. The second-order valence-corrected chi connectivity index (χ2v) is 13.2. The summed E-state index contributed by atoms with van der Waals surface area (Å²) >= 11 is 0. The number of allylic oxidation sites excluding steroid dienone is 1. The van der Waals surface area contributed by atoms with E-state index in [1.54, 1.807) is 10.8 Å². The number of benzene rings is 2. The summed E-state index contributed by atoms with van der Waals surface area (Å²) in [7, 11) is -1.04. The van der Waals surface area contributed by atoms with E-state index < -0.39 is 8.07 Å². The minimum absolute atomic E-state index is 0. The first-order valence-corrected chi connectivity index (χ1v) is 13.1. The summed E-state index contributed by atoms with van der Waals surface area (Å²) in [5.74, 6) is 0. The van der Waals surface area contributed by atoms with Gasteiger partial charge in [-0.25, -0.2) is 0 Å². The van der Waals surface area contributed by atoms with Gasteiger partial charge in [0.05, 0.1) is 20.6 Å². The largest absolute Gasteiger partial charge is 0.472 e. The van der Waals surface area contributed by atoms with Crippen LogP contribution in [-0.4, -0.2) is 8.07 Å². The average molecular weight is 473 g/mol. The minimum atomic E-state index is -1.04. The van der Waals surface area contributed by atoms with E-state index in [0.29, 0.717) is 0 Å². The number of fused-ring (bicyclic) bond motifs is 1. The van der Waals surface area contributed by atoms with Gasteiger partial charge in [0, 0.05) is 42.9 Å². The molecule has 0 N–H and O–H groups in total. The maximum absolute atomic E-state index is 5.22. The molecule has 29 heavy (non-hydrogen) atoms. The molecular formula is C26H25OSiZr-. The molecule has 1 aromatic heterocycles. The van der Waals surface area contributed by atoms with Gasteiger partial charge in [-0.2, -0.15) is 6.07 Å². The number of aryl methyl sites for hydroxylation is 1. The zero-order valence-corrected chi connectivity index (χ0v) is 20.9. The van der Waals surface area contributed by atoms with Gasteiger partial charge in [-0.3, -0.25) is 0 Å². The molecule has 0 spiro atoms. The molecule has 7 rings (SSSR count). The molecule has 3 heterocycles. The maximum atomic E-state index is 5.22. The molecule has 3 aromatic carbocycles. The summed E-state index contributed by atoms with van der Waals surface area (Å²) in [6.45, 7) is 9.34. The summed E-state index contributed by atoms with van der Waals surface area (Å²) in [4.78, 5) is 0. The Morgan fingerprint density at radius 1 is 0.897 bits per heavy atom. The Kier molecular flexibility index (Phi) is 5.25. The van der Waals surface area contributed by atoms with E-state index in [4.69, 9.17) is 4.42 Å². The van der Waals surface area contributed by atoms with E-state index in [9.17, 15) is 0 Å². The van der Waals surface area contributed by atoms with Crippen LogP contribution >= 0.6 is 0 Å². The van der Waals surface area contributed by atoms with Crippen molar-refractivity contribution in [3.8, 4) is 11.1 Å². The molecule has 1 nitrogen and oxygen atoms in total. The number of rotatable bonds is 1. The van der Waals surface area contributed by atoms with Crippen LogP contribution in [0.2, 0.25) is 13.1 Å². The van der Waals surface area contributed by atoms with E-state index in [0.717, 1.165) is 5.54 Å². The van der Waals surface area contributed by atoms with Crippen LogP contribution in [0.1, 0.15) is 29.2 Å². The third-order valence-corrected chi connectivity index (χ3v) is 10.6. The summed E-state index contributed by atoms with van der Waals surface area (Å²) in [5.41, 5.74) is 9.24. The Hall–Kier alpha value is -1.83. The fourth-order valence-corrected chi connectivity index (χ4v) is 9.78. The average Bonchev–Trinajstić information content (AvgIpc) is 3.38. The number of furan rings is 1. The summed E-state index contributed by atoms with van der Waals surface area (Å²) in [6, 6.07) is 21.6. The Balaban J connectivity index is 0.000000141. The van der Waals surface area contributed by atoms with E-state index >= 15 is 0 Å². The second-order valence-electron chi connectivity index (χ2n) is 8.66. The van der Waals surface area contributed by atoms with Gasteiger partial charge in [0.25, 0.3) is 0 Å². The zero-order valence-electron chi connectivity index (χ0n) is 17.4. The van der Waals surface area contributed by atoms with Gasteiger partial charge in [-0.1, -0.05) is 67.6 Å². The van der Waals surface area contributed by atoms with Gasteiger partial charge in [0.2, 0.25) is 0 Å². The van der Waals surface area contributed by atoms with Crippen molar-refractivity contribution in [3.63, 3.8) is 0 Å². The Bertz CT molecular complexity index is 1210. The molecule has 0 amide bonds. The van der Waals surface area contributed by atoms with Crippen LogP contribution in [-0.2, 0) is 26.2 Å². The molecule has 0 radical (unpaired) electrons. The third-order valence-electron chi connectivity index (χ3n) is 6.45. The fraction of sp³-hybridized carbons (Fsp3) is 0.192. The van der Waals surface area contributed by atoms with Crippen molar-refractivity contribution in [2.75, 3.05) is 0 Å². The molecule has 0 saturated heterocycles. The number of hydrogen-bond acceptors (Lipinski definition) is 1. The van der Waals surface area contributed by atoms with Crippen molar-refractivity contribution in [1.29, 1.82) is 0 Å². The van der Waals surface area contributed by atoms with Gasteiger partial charge < -0.3 is 4.42 Å². The van der Waals surface area contributed by atoms with Crippen LogP contribution in [0.25, 0.3) is 27.1 Å². The Morgan fingerprint density at radius 2 is 1.66 bits per heavy atom. The first-order chi connectivity index (χ1) is 13.5. The Morgan fingerprint density at radius 3 is 2.34 bits per heavy atom. The van der Waals surface area contributed by atoms with Crippen LogP contribution < -0.4 is 0 Å². The van der Waals surface area contributed by atoms with Crippen molar-refractivity contribution in [2.24, 2.45) is 0 Å². The summed E-state index contributed by atoms with van der Waals surface area (Å²) in [5, 5.41) is 4.35. The molecule has 2 aliphatic heterocycles. The standard InChI is InChI=1S/C16H13.C10H12OSi.Zr/c1-12-10-14-8-5-9-15(16(14)11-12)13-6-3-2-4-7-13;1-6-9-7-4-11-5-8(7)10(6)12(9,2)3;/h2-11H,1H3;4-5,9H,1-3H3;/q-1;;. The smallest absolute Gasteiger partial charge is 0.0976 e. The molecule has 1 atom stereocenters. The molecule has 1 unspecified atom stereocenters. The van der Waals surface area contributed by atoms with E-state index in [1.807, 2.05) is 12.5 Å². The van der Waals surface area contributed by atoms with Gasteiger partial charge in [-0.05, 0) is 17.7 Å².